The number of nitro groups is 1. The van der Waals surface area contributed by atoms with Crippen molar-refractivity contribution in [3.63, 3.8) is 0 Å². The SMILES string of the molecule is COc1ccc([N+](=O)[O-])cc1C(=O)N/N=C\c1cn(Cc2ccc(C)cc2)c2ccccc12. The Morgan fingerprint density at radius 1 is 1.15 bits per heavy atom. The lowest BCUT2D eigenvalue weighted by molar-refractivity contribution is -0.384. The number of aromatic nitrogens is 1. The summed E-state index contributed by atoms with van der Waals surface area (Å²) in [5.41, 5.74) is 6.53. The van der Waals surface area contributed by atoms with Crippen LogP contribution in [0.1, 0.15) is 27.0 Å². The van der Waals surface area contributed by atoms with Gasteiger partial charge in [0.2, 0.25) is 0 Å². The van der Waals surface area contributed by atoms with E-state index in [1.54, 1.807) is 6.21 Å². The standard InChI is InChI=1S/C25H22N4O4/c1-17-7-9-18(10-8-17)15-28-16-19(21-5-3-4-6-23(21)28)14-26-27-25(30)22-13-20(29(31)32)11-12-24(22)33-2/h3-14,16H,15H2,1-2H3,(H,27,30)/b26-14-. The average molecular weight is 442 g/mol. The number of carbonyl (C=O) groups excluding carboxylic acids is 1. The van der Waals surface area contributed by atoms with E-state index in [0.29, 0.717) is 6.54 Å². The van der Waals surface area contributed by atoms with Gasteiger partial charge in [-0.05, 0) is 24.6 Å². The minimum atomic E-state index is -0.602. The first-order valence-corrected chi connectivity index (χ1v) is 10.3. The molecule has 0 aliphatic carbocycles. The molecule has 1 amide bonds. The van der Waals surface area contributed by atoms with E-state index >= 15 is 0 Å². The molecule has 3 aromatic carbocycles. The van der Waals surface area contributed by atoms with Crippen molar-refractivity contribution in [2.45, 2.75) is 13.5 Å². The van der Waals surface area contributed by atoms with E-state index in [-0.39, 0.29) is 17.0 Å². The van der Waals surface area contributed by atoms with Gasteiger partial charge in [-0.1, -0.05) is 48.0 Å². The summed E-state index contributed by atoms with van der Waals surface area (Å²) in [6.07, 6.45) is 3.55. The number of nitro benzene ring substituents is 1. The Bertz CT molecular complexity index is 1360. The molecule has 33 heavy (non-hydrogen) atoms. The predicted molar refractivity (Wildman–Crippen MR) is 127 cm³/mol. The third kappa shape index (κ3) is 4.74. The molecule has 0 radical (unpaired) electrons. The zero-order chi connectivity index (χ0) is 23.4. The molecule has 0 atom stereocenters. The van der Waals surface area contributed by atoms with Crippen LogP contribution in [0.5, 0.6) is 5.75 Å². The van der Waals surface area contributed by atoms with Gasteiger partial charge in [-0.15, -0.1) is 0 Å². The molecule has 0 unspecified atom stereocenters. The highest BCUT2D eigenvalue weighted by molar-refractivity contribution is 6.01. The van der Waals surface area contributed by atoms with Crippen molar-refractivity contribution in [2.24, 2.45) is 5.10 Å². The molecule has 0 saturated carbocycles. The fourth-order valence-corrected chi connectivity index (χ4v) is 3.61. The second-order valence-electron chi connectivity index (χ2n) is 7.56. The number of hydrazone groups is 1. The van der Waals surface area contributed by atoms with Gasteiger partial charge in [0.25, 0.3) is 11.6 Å². The van der Waals surface area contributed by atoms with Crippen LogP contribution in [0.15, 0.2) is 78.0 Å². The lowest BCUT2D eigenvalue weighted by Gasteiger charge is -2.06. The van der Waals surface area contributed by atoms with Crippen LogP contribution < -0.4 is 10.2 Å². The molecule has 8 nitrogen and oxygen atoms in total. The summed E-state index contributed by atoms with van der Waals surface area (Å²) in [7, 11) is 1.39. The molecule has 0 fully saturated rings. The topological polar surface area (TPSA) is 98.8 Å². The Labute approximate surface area is 190 Å². The molecule has 1 heterocycles. The molecule has 0 aliphatic rings. The fourth-order valence-electron chi connectivity index (χ4n) is 3.61. The predicted octanol–water partition coefficient (Wildman–Crippen LogP) is 4.68. The van der Waals surface area contributed by atoms with Crippen LogP contribution in [-0.2, 0) is 6.54 Å². The molecular formula is C25H22N4O4. The van der Waals surface area contributed by atoms with Crippen LogP contribution in [0.4, 0.5) is 5.69 Å². The number of para-hydroxylation sites is 1. The number of hydrogen-bond acceptors (Lipinski definition) is 5. The summed E-state index contributed by atoms with van der Waals surface area (Å²) in [5.74, 6) is -0.377. The minimum absolute atomic E-state index is 0.0330. The van der Waals surface area contributed by atoms with Crippen molar-refractivity contribution in [3.05, 3.63) is 105 Å². The van der Waals surface area contributed by atoms with Crippen molar-refractivity contribution >= 4 is 28.7 Å². The van der Waals surface area contributed by atoms with Gasteiger partial charge in [0.05, 0.1) is 23.8 Å². The number of rotatable bonds is 7. The summed E-state index contributed by atoms with van der Waals surface area (Å²) in [6, 6.07) is 20.2. The van der Waals surface area contributed by atoms with Gasteiger partial charge in [0.1, 0.15) is 5.75 Å². The van der Waals surface area contributed by atoms with E-state index in [1.165, 1.54) is 30.4 Å². The molecule has 8 heteroatoms. The zero-order valence-corrected chi connectivity index (χ0v) is 18.2. The molecule has 1 N–H and O–H groups in total. The van der Waals surface area contributed by atoms with E-state index in [2.05, 4.69) is 46.3 Å². The summed E-state index contributed by atoms with van der Waals surface area (Å²) in [5, 5.41) is 16.1. The number of ether oxygens (including phenoxy) is 1. The molecule has 1 aromatic heterocycles. The second kappa shape index (κ2) is 9.35. The molecule has 0 aliphatic heterocycles. The van der Waals surface area contributed by atoms with Crippen molar-refractivity contribution < 1.29 is 14.5 Å². The highest BCUT2D eigenvalue weighted by Gasteiger charge is 2.17. The van der Waals surface area contributed by atoms with Crippen LogP contribution in [-0.4, -0.2) is 28.7 Å². The summed E-state index contributed by atoms with van der Waals surface area (Å²) >= 11 is 0. The minimum Gasteiger partial charge on any atom is -0.496 e. The third-order valence-electron chi connectivity index (χ3n) is 5.30. The van der Waals surface area contributed by atoms with Gasteiger partial charge >= 0.3 is 0 Å². The van der Waals surface area contributed by atoms with E-state index in [1.807, 2.05) is 30.5 Å². The van der Waals surface area contributed by atoms with Crippen molar-refractivity contribution in [1.29, 1.82) is 0 Å². The van der Waals surface area contributed by atoms with E-state index in [4.69, 9.17) is 4.74 Å². The van der Waals surface area contributed by atoms with E-state index < -0.39 is 10.8 Å². The largest absolute Gasteiger partial charge is 0.496 e. The van der Waals surface area contributed by atoms with Crippen LogP contribution in [0.3, 0.4) is 0 Å². The Hall–Kier alpha value is -4.46. The molecule has 0 bridgehead atoms. The van der Waals surface area contributed by atoms with Gasteiger partial charge < -0.3 is 9.30 Å². The number of nitrogens with one attached hydrogen (secondary N) is 1. The smallest absolute Gasteiger partial charge is 0.275 e. The van der Waals surface area contributed by atoms with Crippen molar-refractivity contribution in [3.8, 4) is 5.75 Å². The van der Waals surface area contributed by atoms with Crippen LogP contribution >= 0.6 is 0 Å². The van der Waals surface area contributed by atoms with Crippen molar-refractivity contribution in [2.75, 3.05) is 7.11 Å². The number of fused-ring (bicyclic) bond motifs is 1. The molecule has 166 valence electrons. The van der Waals surface area contributed by atoms with Gasteiger partial charge in [-0.2, -0.15) is 5.10 Å². The number of benzene rings is 3. The highest BCUT2D eigenvalue weighted by atomic mass is 16.6. The number of aryl methyl sites for hydroxylation is 1. The fraction of sp³-hybridized carbons (Fsp3) is 0.120. The number of amides is 1. The second-order valence-corrected chi connectivity index (χ2v) is 7.56. The first kappa shape index (κ1) is 21.8. The number of carbonyl (C=O) groups is 1. The first-order valence-electron chi connectivity index (χ1n) is 10.3. The first-order chi connectivity index (χ1) is 16.0. The lowest BCUT2D eigenvalue weighted by Crippen LogP contribution is -2.18. The summed E-state index contributed by atoms with van der Waals surface area (Å²) < 4.78 is 7.28. The zero-order valence-electron chi connectivity index (χ0n) is 18.2. The van der Waals surface area contributed by atoms with E-state index in [0.717, 1.165) is 22.5 Å². The number of nitrogens with zero attached hydrogens (tertiary/aromatic N) is 3. The number of methoxy groups -OCH3 is 1. The lowest BCUT2D eigenvalue weighted by atomic mass is 10.1. The molecule has 4 aromatic rings. The molecule has 4 rings (SSSR count). The maximum absolute atomic E-state index is 12.6. The van der Waals surface area contributed by atoms with Crippen LogP contribution in [0.25, 0.3) is 10.9 Å². The summed E-state index contributed by atoms with van der Waals surface area (Å²) in [6.45, 7) is 2.76. The Morgan fingerprint density at radius 3 is 2.64 bits per heavy atom. The normalized spacial score (nSPS) is 11.1. The number of hydrogen-bond donors (Lipinski definition) is 1. The van der Waals surface area contributed by atoms with Gasteiger partial charge in [0.15, 0.2) is 0 Å². The number of non-ortho nitro benzene ring substituents is 1. The third-order valence-corrected chi connectivity index (χ3v) is 5.30. The maximum atomic E-state index is 12.6. The molecule has 0 saturated heterocycles. The quantitative estimate of drug-likeness (QED) is 0.255. The Balaban J connectivity index is 1.57. The molecule has 0 spiro atoms. The monoisotopic (exact) mass is 442 g/mol. The van der Waals surface area contributed by atoms with Gasteiger partial charge in [-0.3, -0.25) is 14.9 Å². The average Bonchev–Trinajstić information content (AvgIpc) is 3.17. The Kier molecular flexibility index (Phi) is 6.17. The van der Waals surface area contributed by atoms with Crippen molar-refractivity contribution in [1.82, 2.24) is 9.99 Å². The van der Waals surface area contributed by atoms with Crippen LogP contribution in [0, 0.1) is 17.0 Å². The summed E-state index contributed by atoms with van der Waals surface area (Å²) in [4.78, 5) is 23.1. The van der Waals surface area contributed by atoms with Gasteiger partial charge in [-0.25, -0.2) is 5.43 Å². The maximum Gasteiger partial charge on any atom is 0.275 e. The molecular weight excluding hydrogens is 420 g/mol. The van der Waals surface area contributed by atoms with Gasteiger partial charge in [0, 0.05) is 41.3 Å². The van der Waals surface area contributed by atoms with E-state index in [9.17, 15) is 14.9 Å². The highest BCUT2D eigenvalue weighted by Crippen LogP contribution is 2.24. The van der Waals surface area contributed by atoms with Crippen LogP contribution in [0.2, 0.25) is 0 Å². The Morgan fingerprint density at radius 2 is 1.91 bits per heavy atom.